The summed E-state index contributed by atoms with van der Waals surface area (Å²) in [6, 6.07) is 4.51. The Morgan fingerprint density at radius 1 is 1.47 bits per heavy atom. The number of alkyl halides is 2. The van der Waals surface area contributed by atoms with Crippen LogP contribution in [0, 0.1) is 0 Å². The highest BCUT2D eigenvalue weighted by atomic mass is 79.9. The normalized spacial score (nSPS) is 11.1. The van der Waals surface area contributed by atoms with Crippen molar-refractivity contribution in [3.8, 4) is 5.75 Å². The van der Waals surface area contributed by atoms with E-state index in [4.69, 9.17) is 9.52 Å². The third-order valence-corrected chi connectivity index (χ3v) is 2.50. The zero-order valence-electron chi connectivity index (χ0n) is 8.12. The molecule has 17 heavy (non-hydrogen) atoms. The molecule has 0 bridgehead atoms. The Kier molecular flexibility index (Phi) is 3.01. The Hall–Kier alpha value is -1.63. The number of ether oxygens (including phenoxy) is 1. The summed E-state index contributed by atoms with van der Waals surface area (Å²) in [7, 11) is 0. The SMILES string of the molecule is O=C(O)c1oc2ccc(Br)cc2c1OC(F)F. The first kappa shape index (κ1) is 11.8. The molecule has 0 fully saturated rings. The van der Waals surface area contributed by atoms with Gasteiger partial charge in [0, 0.05) is 4.47 Å². The van der Waals surface area contributed by atoms with Crippen LogP contribution >= 0.6 is 15.9 Å². The highest BCUT2D eigenvalue weighted by Gasteiger charge is 2.24. The molecule has 7 heteroatoms. The van der Waals surface area contributed by atoms with Crippen molar-refractivity contribution in [2.24, 2.45) is 0 Å². The number of hydrogen-bond acceptors (Lipinski definition) is 3. The molecule has 90 valence electrons. The van der Waals surface area contributed by atoms with E-state index in [1.165, 1.54) is 12.1 Å². The van der Waals surface area contributed by atoms with E-state index in [0.29, 0.717) is 4.47 Å². The first-order valence-corrected chi connectivity index (χ1v) is 5.18. The maximum absolute atomic E-state index is 12.2. The van der Waals surface area contributed by atoms with Crippen molar-refractivity contribution in [3.63, 3.8) is 0 Å². The third-order valence-electron chi connectivity index (χ3n) is 2.01. The smallest absolute Gasteiger partial charge is 0.387 e. The quantitative estimate of drug-likeness (QED) is 0.943. The van der Waals surface area contributed by atoms with Crippen molar-refractivity contribution >= 4 is 32.9 Å². The summed E-state index contributed by atoms with van der Waals surface area (Å²) in [6.45, 7) is -3.12. The number of rotatable bonds is 3. The molecule has 1 N–H and O–H groups in total. The van der Waals surface area contributed by atoms with Gasteiger partial charge in [0.05, 0.1) is 5.39 Å². The summed E-state index contributed by atoms with van der Waals surface area (Å²) in [4.78, 5) is 10.8. The van der Waals surface area contributed by atoms with Crippen LogP contribution in [0.5, 0.6) is 5.75 Å². The minimum Gasteiger partial charge on any atom is -0.475 e. The van der Waals surface area contributed by atoms with Gasteiger partial charge in [-0.2, -0.15) is 8.78 Å². The van der Waals surface area contributed by atoms with Crippen molar-refractivity contribution in [1.82, 2.24) is 0 Å². The van der Waals surface area contributed by atoms with Crippen LogP contribution in [-0.2, 0) is 0 Å². The zero-order valence-corrected chi connectivity index (χ0v) is 9.70. The molecular weight excluding hydrogens is 302 g/mol. The van der Waals surface area contributed by atoms with Gasteiger partial charge in [-0.25, -0.2) is 4.79 Å². The fourth-order valence-electron chi connectivity index (χ4n) is 1.39. The average Bonchev–Trinajstić information content (AvgIpc) is 2.56. The molecule has 0 aliphatic heterocycles. The predicted octanol–water partition coefficient (Wildman–Crippen LogP) is 3.49. The van der Waals surface area contributed by atoms with Gasteiger partial charge in [-0.3, -0.25) is 0 Å². The van der Waals surface area contributed by atoms with Crippen LogP contribution in [0.25, 0.3) is 11.0 Å². The van der Waals surface area contributed by atoms with Crippen LogP contribution < -0.4 is 4.74 Å². The van der Waals surface area contributed by atoms with E-state index < -0.39 is 24.1 Å². The highest BCUT2D eigenvalue weighted by molar-refractivity contribution is 9.10. The summed E-state index contributed by atoms with van der Waals surface area (Å²) in [5.41, 5.74) is 0.168. The highest BCUT2D eigenvalue weighted by Crippen LogP contribution is 2.35. The van der Waals surface area contributed by atoms with E-state index >= 15 is 0 Å². The average molecular weight is 307 g/mol. The summed E-state index contributed by atoms with van der Waals surface area (Å²) < 4.78 is 34.1. The predicted molar refractivity (Wildman–Crippen MR) is 57.5 cm³/mol. The molecule has 1 heterocycles. The van der Waals surface area contributed by atoms with Crippen molar-refractivity contribution in [2.45, 2.75) is 6.61 Å². The van der Waals surface area contributed by atoms with Gasteiger partial charge in [0.2, 0.25) is 0 Å². The summed E-state index contributed by atoms with van der Waals surface area (Å²) >= 11 is 3.15. The molecule has 0 unspecified atom stereocenters. The molecule has 1 aromatic heterocycles. The molecule has 4 nitrogen and oxygen atoms in total. The van der Waals surface area contributed by atoms with Gasteiger partial charge < -0.3 is 14.3 Å². The van der Waals surface area contributed by atoms with Crippen LogP contribution in [0.4, 0.5) is 8.78 Å². The van der Waals surface area contributed by atoms with E-state index in [-0.39, 0.29) is 11.0 Å². The minimum absolute atomic E-state index is 0.168. The lowest BCUT2D eigenvalue weighted by Crippen LogP contribution is -2.05. The first-order chi connectivity index (χ1) is 7.99. The van der Waals surface area contributed by atoms with Crippen LogP contribution in [-0.4, -0.2) is 17.7 Å². The first-order valence-electron chi connectivity index (χ1n) is 4.39. The van der Waals surface area contributed by atoms with Crippen molar-refractivity contribution in [1.29, 1.82) is 0 Å². The standard InChI is InChI=1S/C10H5BrF2O4/c11-4-1-2-6-5(3-4)7(17-10(12)13)8(16-6)9(14)15/h1-3,10H,(H,14,15). The number of fused-ring (bicyclic) bond motifs is 1. The van der Waals surface area contributed by atoms with Crippen LogP contribution in [0.15, 0.2) is 27.1 Å². The lowest BCUT2D eigenvalue weighted by molar-refractivity contribution is -0.0499. The lowest BCUT2D eigenvalue weighted by atomic mass is 10.2. The second kappa shape index (κ2) is 4.33. The fourth-order valence-corrected chi connectivity index (χ4v) is 1.76. The summed E-state index contributed by atoms with van der Waals surface area (Å²) in [6.07, 6.45) is 0. The Labute approximate surface area is 102 Å². The van der Waals surface area contributed by atoms with Gasteiger partial charge in [0.15, 0.2) is 5.75 Å². The molecule has 2 aromatic rings. The number of furan rings is 1. The topological polar surface area (TPSA) is 59.7 Å². The summed E-state index contributed by atoms with van der Waals surface area (Å²) in [5.74, 6) is -2.57. The van der Waals surface area contributed by atoms with Crippen LogP contribution in [0.1, 0.15) is 10.6 Å². The van der Waals surface area contributed by atoms with E-state index in [2.05, 4.69) is 20.7 Å². The van der Waals surface area contributed by atoms with Gasteiger partial charge >= 0.3 is 12.6 Å². The molecule has 0 atom stereocenters. The number of aromatic carboxylic acids is 1. The van der Waals surface area contributed by atoms with E-state index in [0.717, 1.165) is 0 Å². The van der Waals surface area contributed by atoms with Gasteiger partial charge in [-0.15, -0.1) is 0 Å². The van der Waals surface area contributed by atoms with E-state index in [1.54, 1.807) is 6.07 Å². The number of benzene rings is 1. The molecule has 0 aliphatic carbocycles. The molecule has 0 spiro atoms. The second-order valence-electron chi connectivity index (χ2n) is 3.08. The largest absolute Gasteiger partial charge is 0.475 e. The minimum atomic E-state index is -3.12. The van der Waals surface area contributed by atoms with Crippen molar-refractivity contribution < 1.29 is 27.8 Å². The van der Waals surface area contributed by atoms with Crippen LogP contribution in [0.3, 0.4) is 0 Å². The van der Waals surface area contributed by atoms with Gasteiger partial charge in [-0.05, 0) is 18.2 Å². The number of hydrogen-bond donors (Lipinski definition) is 1. The van der Waals surface area contributed by atoms with Gasteiger partial charge in [0.25, 0.3) is 5.76 Å². The third kappa shape index (κ3) is 2.23. The number of carbonyl (C=O) groups is 1. The molecule has 0 aliphatic rings. The molecule has 0 saturated carbocycles. The molecular formula is C10H5BrF2O4. The molecule has 0 saturated heterocycles. The maximum Gasteiger partial charge on any atom is 0.387 e. The second-order valence-corrected chi connectivity index (χ2v) is 4.00. The number of halogens is 3. The molecule has 1 aromatic carbocycles. The van der Waals surface area contributed by atoms with E-state index in [9.17, 15) is 13.6 Å². The van der Waals surface area contributed by atoms with Gasteiger partial charge in [-0.1, -0.05) is 15.9 Å². The Morgan fingerprint density at radius 2 is 2.18 bits per heavy atom. The van der Waals surface area contributed by atoms with Crippen LogP contribution in [0.2, 0.25) is 0 Å². The zero-order chi connectivity index (χ0) is 12.6. The fraction of sp³-hybridized carbons (Fsp3) is 0.100. The maximum atomic E-state index is 12.2. The monoisotopic (exact) mass is 306 g/mol. The molecule has 0 radical (unpaired) electrons. The Balaban J connectivity index is 2.68. The Bertz CT molecular complexity index is 579. The van der Waals surface area contributed by atoms with Crippen molar-refractivity contribution in [3.05, 3.63) is 28.4 Å². The number of carboxylic acid groups (broad SMARTS) is 1. The lowest BCUT2D eigenvalue weighted by Gasteiger charge is -2.02. The summed E-state index contributed by atoms with van der Waals surface area (Å²) in [5, 5.41) is 9.00. The molecule has 2 rings (SSSR count). The van der Waals surface area contributed by atoms with E-state index in [1.807, 2.05) is 0 Å². The Morgan fingerprint density at radius 3 is 2.76 bits per heavy atom. The number of carboxylic acids is 1. The van der Waals surface area contributed by atoms with Gasteiger partial charge in [0.1, 0.15) is 5.58 Å². The molecule has 0 amide bonds. The van der Waals surface area contributed by atoms with Crippen molar-refractivity contribution in [2.75, 3.05) is 0 Å².